The summed E-state index contributed by atoms with van der Waals surface area (Å²) < 4.78 is 0. The standard InChI is InChI=1S/C12H5Cl2N3S/c13-9-2-1-7(5-10(9)14)18-12-8-3-4-15-11(8)16-6-17-12/h1-3,5-6H. The van der Waals surface area contributed by atoms with Crippen molar-refractivity contribution in [1.82, 2.24) is 9.97 Å². The minimum absolute atomic E-state index is 0.527. The Labute approximate surface area is 118 Å². The van der Waals surface area contributed by atoms with Gasteiger partial charge in [-0.25, -0.2) is 9.97 Å². The van der Waals surface area contributed by atoms with Gasteiger partial charge in [0.15, 0.2) is 5.82 Å². The van der Waals surface area contributed by atoms with Crippen LogP contribution in [-0.2, 0) is 0 Å². The van der Waals surface area contributed by atoms with Gasteiger partial charge >= 0.3 is 0 Å². The first-order chi connectivity index (χ1) is 8.74. The Morgan fingerprint density at radius 2 is 2.00 bits per heavy atom. The van der Waals surface area contributed by atoms with Gasteiger partial charge in [0, 0.05) is 11.0 Å². The molecule has 0 atom stereocenters. The van der Waals surface area contributed by atoms with Crippen LogP contribution in [0.25, 0.3) is 6.08 Å². The van der Waals surface area contributed by atoms with E-state index in [1.165, 1.54) is 18.1 Å². The maximum atomic E-state index is 5.98. The van der Waals surface area contributed by atoms with Crippen molar-refractivity contribution in [3.05, 3.63) is 40.1 Å². The fraction of sp³-hybridized carbons (Fsp3) is 0. The van der Waals surface area contributed by atoms with E-state index in [9.17, 15) is 0 Å². The molecule has 88 valence electrons. The third-order valence-electron chi connectivity index (χ3n) is 2.31. The van der Waals surface area contributed by atoms with E-state index in [2.05, 4.69) is 20.8 Å². The van der Waals surface area contributed by atoms with Gasteiger partial charge in [0.25, 0.3) is 0 Å². The summed E-state index contributed by atoms with van der Waals surface area (Å²) in [4.78, 5) is 13.3. The zero-order chi connectivity index (χ0) is 12.5. The third kappa shape index (κ3) is 2.16. The summed E-state index contributed by atoms with van der Waals surface area (Å²) in [7, 11) is 0. The molecule has 1 aromatic carbocycles. The van der Waals surface area contributed by atoms with E-state index in [0.29, 0.717) is 15.9 Å². The summed E-state index contributed by atoms with van der Waals surface area (Å²) in [6.07, 6.45) is 3.26. The average molecular weight is 294 g/mol. The van der Waals surface area contributed by atoms with E-state index in [1.807, 2.05) is 12.1 Å². The molecule has 18 heavy (non-hydrogen) atoms. The lowest BCUT2D eigenvalue weighted by Crippen LogP contribution is -1.87. The molecule has 0 saturated carbocycles. The fourth-order valence-electron chi connectivity index (χ4n) is 1.48. The molecule has 3 nitrogen and oxygen atoms in total. The van der Waals surface area contributed by atoms with E-state index in [4.69, 9.17) is 23.2 Å². The topological polar surface area (TPSA) is 38.1 Å². The summed E-state index contributed by atoms with van der Waals surface area (Å²) in [5.74, 6) is 3.42. The molecule has 6 heteroatoms. The molecule has 0 spiro atoms. The van der Waals surface area contributed by atoms with Gasteiger partial charge in [-0.2, -0.15) is 4.99 Å². The van der Waals surface area contributed by atoms with E-state index in [0.717, 1.165) is 15.5 Å². The summed E-state index contributed by atoms with van der Waals surface area (Å²) in [6, 6.07) is 5.47. The van der Waals surface area contributed by atoms with Crippen LogP contribution in [0, 0.1) is 0 Å². The number of hydrogen-bond donors (Lipinski definition) is 0. The molecule has 0 saturated heterocycles. The van der Waals surface area contributed by atoms with Crippen LogP contribution in [0.3, 0.4) is 0 Å². The van der Waals surface area contributed by atoms with Gasteiger partial charge in [0.05, 0.1) is 15.6 Å². The number of benzene rings is 1. The minimum Gasteiger partial charge on any atom is -0.229 e. The summed E-state index contributed by atoms with van der Waals surface area (Å²) in [6.45, 7) is 0. The average Bonchev–Trinajstić information content (AvgIpc) is 2.83. The molecule has 1 aliphatic heterocycles. The number of fused-ring (bicyclic) bond motifs is 1. The van der Waals surface area contributed by atoms with Gasteiger partial charge in [-0.05, 0) is 24.1 Å². The van der Waals surface area contributed by atoms with Crippen molar-refractivity contribution in [3.8, 4) is 0 Å². The Hall–Kier alpha value is -1.32. The highest BCUT2D eigenvalue weighted by atomic mass is 35.5. The molecular formula is C12H5Cl2N3S. The zero-order valence-electron chi connectivity index (χ0n) is 8.89. The van der Waals surface area contributed by atoms with Gasteiger partial charge in [-0.3, -0.25) is 0 Å². The Kier molecular flexibility index (Phi) is 3.10. The Balaban J connectivity index is 1.96. The van der Waals surface area contributed by atoms with Crippen LogP contribution in [0.5, 0.6) is 0 Å². The molecule has 0 unspecified atom stereocenters. The highest BCUT2D eigenvalue weighted by Crippen LogP contribution is 2.36. The molecule has 0 bridgehead atoms. The van der Waals surface area contributed by atoms with Gasteiger partial charge in [-0.1, -0.05) is 35.0 Å². The van der Waals surface area contributed by atoms with E-state index in [-0.39, 0.29) is 0 Å². The summed E-state index contributed by atoms with van der Waals surface area (Å²) in [5, 5.41) is 1.89. The molecule has 2 aromatic rings. The van der Waals surface area contributed by atoms with Crippen LogP contribution >= 0.6 is 35.0 Å². The number of aromatic nitrogens is 2. The highest BCUT2D eigenvalue weighted by molar-refractivity contribution is 7.99. The van der Waals surface area contributed by atoms with Crippen molar-refractivity contribution in [3.63, 3.8) is 0 Å². The molecule has 0 fully saturated rings. The van der Waals surface area contributed by atoms with Crippen LogP contribution in [0.1, 0.15) is 5.56 Å². The predicted octanol–water partition coefficient (Wildman–Crippen LogP) is 4.26. The van der Waals surface area contributed by atoms with Gasteiger partial charge in [-0.15, -0.1) is 0 Å². The van der Waals surface area contributed by atoms with Crippen LogP contribution in [0.15, 0.2) is 39.4 Å². The first kappa shape index (κ1) is 11.8. The quantitative estimate of drug-likeness (QED) is 0.663. The Morgan fingerprint density at radius 1 is 1.11 bits per heavy atom. The molecule has 1 aliphatic rings. The molecule has 0 radical (unpaired) electrons. The lowest BCUT2D eigenvalue weighted by atomic mass is 10.3. The number of nitrogens with zero attached hydrogens (tertiary/aromatic N) is 3. The molecule has 2 heterocycles. The molecule has 1 aromatic heterocycles. The number of halogens is 2. The second-order valence-corrected chi connectivity index (χ2v) is 5.36. The number of hydrogen-bond acceptors (Lipinski definition) is 4. The van der Waals surface area contributed by atoms with Crippen molar-refractivity contribution in [2.24, 2.45) is 4.99 Å². The first-order valence-corrected chi connectivity index (χ1v) is 6.58. The van der Waals surface area contributed by atoms with Crippen molar-refractivity contribution >= 4 is 52.7 Å². The zero-order valence-corrected chi connectivity index (χ0v) is 11.2. The predicted molar refractivity (Wildman–Crippen MR) is 74.2 cm³/mol. The van der Waals surface area contributed by atoms with E-state index >= 15 is 0 Å². The maximum Gasteiger partial charge on any atom is 0.173 e. The summed E-state index contributed by atoms with van der Waals surface area (Å²) in [5.41, 5.74) is 0.883. The Morgan fingerprint density at radius 3 is 2.83 bits per heavy atom. The fourth-order valence-corrected chi connectivity index (χ4v) is 2.74. The van der Waals surface area contributed by atoms with Gasteiger partial charge in [0.2, 0.25) is 0 Å². The van der Waals surface area contributed by atoms with E-state index < -0.39 is 0 Å². The second kappa shape index (κ2) is 4.75. The van der Waals surface area contributed by atoms with Crippen LogP contribution < -0.4 is 0 Å². The molecule has 0 amide bonds. The Bertz CT molecular complexity index is 694. The van der Waals surface area contributed by atoms with Crippen LogP contribution in [0.2, 0.25) is 10.0 Å². The third-order valence-corrected chi connectivity index (χ3v) is 4.06. The van der Waals surface area contributed by atoms with Crippen molar-refractivity contribution in [2.45, 2.75) is 9.92 Å². The number of aliphatic imine (C=N–C) groups is 1. The second-order valence-electron chi connectivity index (χ2n) is 3.48. The monoisotopic (exact) mass is 293 g/mol. The lowest BCUT2D eigenvalue weighted by Gasteiger charge is -2.05. The summed E-state index contributed by atoms with van der Waals surface area (Å²) >= 11 is 13.4. The van der Waals surface area contributed by atoms with Crippen LogP contribution in [0.4, 0.5) is 5.82 Å². The van der Waals surface area contributed by atoms with Crippen molar-refractivity contribution in [1.29, 1.82) is 0 Å². The molecule has 0 N–H and O–H groups in total. The smallest absolute Gasteiger partial charge is 0.173 e. The molecular weight excluding hydrogens is 289 g/mol. The van der Waals surface area contributed by atoms with Crippen molar-refractivity contribution < 1.29 is 0 Å². The first-order valence-electron chi connectivity index (χ1n) is 5.01. The highest BCUT2D eigenvalue weighted by Gasteiger charge is 2.13. The van der Waals surface area contributed by atoms with E-state index in [1.54, 1.807) is 12.1 Å². The minimum atomic E-state index is 0.527. The van der Waals surface area contributed by atoms with Crippen molar-refractivity contribution in [2.75, 3.05) is 0 Å². The molecule has 3 rings (SSSR count). The largest absolute Gasteiger partial charge is 0.229 e. The maximum absolute atomic E-state index is 5.98. The van der Waals surface area contributed by atoms with Gasteiger partial charge < -0.3 is 0 Å². The SMILES string of the molecule is Clc1ccc(Sc2ncnc3c2C=C=N3)cc1Cl. The molecule has 0 aliphatic carbocycles. The van der Waals surface area contributed by atoms with Crippen LogP contribution in [-0.4, -0.2) is 15.8 Å². The van der Waals surface area contributed by atoms with Gasteiger partial charge in [0.1, 0.15) is 11.4 Å². The lowest BCUT2D eigenvalue weighted by molar-refractivity contribution is 1.04. The number of rotatable bonds is 2. The normalized spacial score (nSPS) is 11.9.